The van der Waals surface area contributed by atoms with Crippen LogP contribution in [0.5, 0.6) is 0 Å². The third kappa shape index (κ3) is 5.21. The monoisotopic (exact) mass is 473 g/mol. The molecule has 2 N–H and O–H groups in total. The van der Waals surface area contributed by atoms with Gasteiger partial charge in [-0.2, -0.15) is 0 Å². The van der Waals surface area contributed by atoms with Crippen molar-refractivity contribution in [2.75, 3.05) is 5.32 Å². The molecule has 0 saturated carbocycles. The second kappa shape index (κ2) is 10.5. The van der Waals surface area contributed by atoms with Crippen molar-refractivity contribution in [1.82, 2.24) is 10.2 Å². The van der Waals surface area contributed by atoms with Crippen molar-refractivity contribution in [3.63, 3.8) is 0 Å². The van der Waals surface area contributed by atoms with Gasteiger partial charge in [-0.15, -0.1) is 0 Å². The maximum absolute atomic E-state index is 13.0. The Morgan fingerprint density at radius 3 is 2.54 bits per heavy atom. The highest BCUT2D eigenvalue weighted by molar-refractivity contribution is 6.20. The molecule has 1 fully saturated rings. The molecule has 8 nitrogen and oxygen atoms in total. The van der Waals surface area contributed by atoms with Gasteiger partial charge in [-0.25, -0.2) is 0 Å². The Hall–Kier alpha value is -4.07. The molecule has 35 heavy (non-hydrogen) atoms. The molecular weight excluding hydrogens is 446 g/mol. The summed E-state index contributed by atoms with van der Waals surface area (Å²) in [7, 11) is 0. The van der Waals surface area contributed by atoms with Gasteiger partial charge in [0.05, 0.1) is 5.57 Å². The van der Waals surface area contributed by atoms with Gasteiger partial charge in [0.15, 0.2) is 11.6 Å². The summed E-state index contributed by atoms with van der Waals surface area (Å²) in [5.41, 5.74) is 2.82. The summed E-state index contributed by atoms with van der Waals surface area (Å²) < 4.78 is 0. The number of Topliss-reactive ketones (excluding diaryl/α,β-unsaturated/α-hetero) is 2. The molecule has 3 amide bonds. The molecule has 0 aliphatic carbocycles. The number of carbonyl (C=O) groups is 5. The highest BCUT2D eigenvalue weighted by Crippen LogP contribution is 2.32. The largest absolute Gasteiger partial charge is 0.361 e. The number of ketones is 2. The predicted octanol–water partition coefficient (Wildman–Crippen LogP) is 2.92. The highest BCUT2D eigenvalue weighted by atomic mass is 16.2. The molecule has 0 spiro atoms. The third-order valence-corrected chi connectivity index (χ3v) is 6.36. The molecule has 1 unspecified atom stereocenters. The van der Waals surface area contributed by atoms with Crippen LogP contribution in [0.25, 0.3) is 0 Å². The molecule has 1 atom stereocenters. The maximum Gasteiger partial charge on any atom is 0.255 e. The summed E-state index contributed by atoms with van der Waals surface area (Å²) in [5, 5.41) is 5.36. The second-order valence-corrected chi connectivity index (χ2v) is 8.62. The zero-order valence-corrected chi connectivity index (χ0v) is 19.5. The van der Waals surface area contributed by atoms with Crippen molar-refractivity contribution in [3.8, 4) is 0 Å². The quantitative estimate of drug-likeness (QED) is 0.251. The zero-order valence-electron chi connectivity index (χ0n) is 19.5. The molecular formula is C27H27N3O5. The van der Waals surface area contributed by atoms with E-state index in [9.17, 15) is 24.0 Å². The summed E-state index contributed by atoms with van der Waals surface area (Å²) in [5.74, 6) is -1.61. The van der Waals surface area contributed by atoms with Crippen molar-refractivity contribution < 1.29 is 24.0 Å². The van der Waals surface area contributed by atoms with Crippen LogP contribution in [-0.4, -0.2) is 40.2 Å². The van der Waals surface area contributed by atoms with Gasteiger partial charge < -0.3 is 10.2 Å². The lowest BCUT2D eigenvalue weighted by Gasteiger charge is -2.29. The van der Waals surface area contributed by atoms with Crippen molar-refractivity contribution in [1.29, 1.82) is 0 Å². The van der Waals surface area contributed by atoms with Crippen molar-refractivity contribution in [2.24, 2.45) is 0 Å². The van der Waals surface area contributed by atoms with Gasteiger partial charge in [-0.05, 0) is 30.5 Å². The van der Waals surface area contributed by atoms with E-state index in [0.717, 1.165) is 5.56 Å². The number of nitrogens with zero attached hydrogens (tertiary/aromatic N) is 1. The third-order valence-electron chi connectivity index (χ3n) is 6.36. The highest BCUT2D eigenvalue weighted by Gasteiger charge is 2.39. The minimum Gasteiger partial charge on any atom is -0.361 e. The first-order valence-corrected chi connectivity index (χ1v) is 11.7. The number of hydrogen-bond donors (Lipinski definition) is 2. The average molecular weight is 474 g/mol. The van der Waals surface area contributed by atoms with E-state index in [1.54, 1.807) is 25.1 Å². The van der Waals surface area contributed by atoms with E-state index in [-0.39, 0.29) is 61.2 Å². The molecule has 2 aliphatic heterocycles. The van der Waals surface area contributed by atoms with Crippen molar-refractivity contribution in [2.45, 2.75) is 51.6 Å². The van der Waals surface area contributed by atoms with Gasteiger partial charge in [-0.1, -0.05) is 43.3 Å². The number of piperidine rings is 1. The predicted molar refractivity (Wildman–Crippen MR) is 129 cm³/mol. The molecule has 2 aliphatic rings. The molecule has 4 rings (SSSR count). The number of imide groups is 1. The molecule has 0 bridgehead atoms. The number of allylic oxidation sites excluding steroid dienone is 1. The van der Waals surface area contributed by atoms with E-state index >= 15 is 0 Å². The SMILES string of the molecule is CCC(=O)/C(=C/Nc1cccc2c1CN(C1CCC(=O)NC1=O)C2=O)C(=O)CCc1ccccc1. The Morgan fingerprint density at radius 2 is 1.83 bits per heavy atom. The topological polar surface area (TPSA) is 113 Å². The van der Waals surface area contributed by atoms with Crippen LogP contribution >= 0.6 is 0 Å². The lowest BCUT2D eigenvalue weighted by Crippen LogP contribution is -2.52. The second-order valence-electron chi connectivity index (χ2n) is 8.62. The smallest absolute Gasteiger partial charge is 0.255 e. The lowest BCUT2D eigenvalue weighted by molar-refractivity contribution is -0.137. The number of nitrogens with one attached hydrogen (secondary N) is 2. The molecule has 2 heterocycles. The lowest BCUT2D eigenvalue weighted by atomic mass is 9.99. The Bertz CT molecular complexity index is 1220. The van der Waals surface area contributed by atoms with E-state index in [4.69, 9.17) is 0 Å². The van der Waals surface area contributed by atoms with Gasteiger partial charge in [0, 0.05) is 48.8 Å². The summed E-state index contributed by atoms with van der Waals surface area (Å²) in [6.07, 6.45) is 2.81. The van der Waals surface area contributed by atoms with Gasteiger partial charge >= 0.3 is 0 Å². The average Bonchev–Trinajstić information content (AvgIpc) is 3.20. The Balaban J connectivity index is 1.52. The summed E-state index contributed by atoms with van der Waals surface area (Å²) >= 11 is 0. The van der Waals surface area contributed by atoms with Crippen LogP contribution in [-0.2, 0) is 32.1 Å². The number of carbonyl (C=O) groups excluding carboxylic acids is 5. The first kappa shape index (κ1) is 24.1. The first-order chi connectivity index (χ1) is 16.9. The fourth-order valence-electron chi connectivity index (χ4n) is 4.41. The fraction of sp³-hybridized carbons (Fsp3) is 0.296. The van der Waals surface area contributed by atoms with Crippen LogP contribution in [0.3, 0.4) is 0 Å². The normalized spacial score (nSPS) is 17.7. The number of aryl methyl sites for hydroxylation is 1. The Labute approximate surface area is 203 Å². The summed E-state index contributed by atoms with van der Waals surface area (Å²) in [4.78, 5) is 63.7. The van der Waals surface area contributed by atoms with E-state index in [1.165, 1.54) is 11.1 Å². The minimum absolute atomic E-state index is 0.0902. The first-order valence-electron chi connectivity index (χ1n) is 11.7. The van der Waals surface area contributed by atoms with Crippen LogP contribution in [0.15, 0.2) is 60.3 Å². The van der Waals surface area contributed by atoms with E-state index in [1.807, 2.05) is 30.3 Å². The maximum atomic E-state index is 13.0. The molecule has 2 aromatic rings. The van der Waals surface area contributed by atoms with Crippen LogP contribution < -0.4 is 10.6 Å². The Morgan fingerprint density at radius 1 is 1.06 bits per heavy atom. The van der Waals surface area contributed by atoms with Crippen molar-refractivity contribution >= 4 is 35.0 Å². The zero-order chi connectivity index (χ0) is 24.9. The van der Waals surface area contributed by atoms with Crippen LogP contribution in [0, 0.1) is 0 Å². The standard InChI is InChI=1S/C27H27N3O5/c1-2-23(31)19(24(32)13-11-17-7-4-3-5-8-17)15-28-21-10-6-9-18-20(21)16-30(27(18)35)22-12-14-25(33)29-26(22)34/h3-10,15,22,28H,2,11-14,16H2,1H3,(H,29,33,34)/b19-15-. The molecule has 0 radical (unpaired) electrons. The van der Waals surface area contributed by atoms with Gasteiger partial charge in [-0.3, -0.25) is 29.3 Å². The number of rotatable bonds is 9. The van der Waals surface area contributed by atoms with Crippen LogP contribution in [0.2, 0.25) is 0 Å². The summed E-state index contributed by atoms with van der Waals surface area (Å²) in [6.45, 7) is 1.90. The number of hydrogen-bond acceptors (Lipinski definition) is 6. The van der Waals surface area contributed by atoms with Gasteiger partial charge in [0.2, 0.25) is 11.8 Å². The molecule has 0 aromatic heterocycles. The number of amides is 3. The van der Waals surface area contributed by atoms with Crippen LogP contribution in [0.4, 0.5) is 5.69 Å². The fourth-order valence-corrected chi connectivity index (χ4v) is 4.41. The molecule has 8 heteroatoms. The van der Waals surface area contributed by atoms with Crippen LogP contribution in [0.1, 0.15) is 54.1 Å². The molecule has 2 aromatic carbocycles. The molecule has 180 valence electrons. The van der Waals surface area contributed by atoms with Crippen molar-refractivity contribution in [3.05, 3.63) is 77.0 Å². The number of benzene rings is 2. The van der Waals surface area contributed by atoms with Gasteiger partial charge in [0.1, 0.15) is 6.04 Å². The molecule has 1 saturated heterocycles. The van der Waals surface area contributed by atoms with Gasteiger partial charge in [0.25, 0.3) is 5.91 Å². The Kier molecular flexibility index (Phi) is 7.19. The number of anilines is 1. The van der Waals surface area contributed by atoms with E-state index in [2.05, 4.69) is 10.6 Å². The van der Waals surface area contributed by atoms with E-state index < -0.39 is 11.9 Å². The summed E-state index contributed by atoms with van der Waals surface area (Å²) in [6, 6.07) is 14.0. The minimum atomic E-state index is -0.715. The van der Waals surface area contributed by atoms with E-state index in [0.29, 0.717) is 23.2 Å². The number of fused-ring (bicyclic) bond motifs is 1.